The van der Waals surface area contributed by atoms with E-state index in [2.05, 4.69) is 21.4 Å². The number of rotatable bonds is 3. The molecule has 18 heavy (non-hydrogen) atoms. The highest BCUT2D eigenvalue weighted by molar-refractivity contribution is 7.08. The Morgan fingerprint density at radius 3 is 3.11 bits per heavy atom. The quantitative estimate of drug-likeness (QED) is 0.675. The molecular formula is C13H9N3OS. The van der Waals surface area contributed by atoms with Crippen LogP contribution in [0.5, 0.6) is 5.88 Å². The lowest BCUT2D eigenvalue weighted by Gasteiger charge is -2.03. The molecule has 5 heteroatoms. The second-order valence-electron chi connectivity index (χ2n) is 3.59. The summed E-state index contributed by atoms with van der Waals surface area (Å²) in [7, 11) is 0. The molecule has 3 rings (SSSR count). The van der Waals surface area contributed by atoms with E-state index >= 15 is 0 Å². The van der Waals surface area contributed by atoms with Gasteiger partial charge >= 0.3 is 0 Å². The normalized spacial score (nSPS) is 10.4. The van der Waals surface area contributed by atoms with Crippen LogP contribution in [0.1, 0.15) is 0 Å². The highest BCUT2D eigenvalue weighted by Crippen LogP contribution is 2.23. The van der Waals surface area contributed by atoms with E-state index < -0.39 is 0 Å². The first-order valence-corrected chi connectivity index (χ1v) is 6.26. The zero-order chi connectivity index (χ0) is 12.4. The zero-order valence-corrected chi connectivity index (χ0v) is 10.2. The summed E-state index contributed by atoms with van der Waals surface area (Å²) in [6.07, 6.45) is 6.96. The van der Waals surface area contributed by atoms with Crippen LogP contribution in [0, 0.1) is 12.3 Å². The Bertz CT molecular complexity index is 709. The van der Waals surface area contributed by atoms with E-state index in [9.17, 15) is 0 Å². The summed E-state index contributed by atoms with van der Waals surface area (Å²) in [5, 5.41) is 8.45. The molecule has 0 bridgehead atoms. The molecular weight excluding hydrogens is 246 g/mol. The molecule has 0 N–H and O–H groups in total. The largest absolute Gasteiger partial charge is 0.463 e. The number of hydrogen-bond acceptors (Lipinski definition) is 4. The number of hydrogen-bond donors (Lipinski definition) is 0. The minimum Gasteiger partial charge on any atom is -0.463 e. The molecule has 0 amide bonds. The highest BCUT2D eigenvalue weighted by Gasteiger charge is 2.08. The SMILES string of the molecule is C#CCOc1ccc2ncc(-c3ccsc3)n2n1. The van der Waals surface area contributed by atoms with Crippen LogP contribution in [0.3, 0.4) is 0 Å². The Kier molecular flexibility index (Phi) is 2.71. The van der Waals surface area contributed by atoms with Gasteiger partial charge in [0.25, 0.3) is 0 Å². The third kappa shape index (κ3) is 1.83. The molecule has 0 aliphatic carbocycles. The van der Waals surface area contributed by atoms with E-state index in [1.807, 2.05) is 17.5 Å². The van der Waals surface area contributed by atoms with Crippen LogP contribution in [0.15, 0.2) is 35.2 Å². The number of fused-ring (bicyclic) bond motifs is 1. The number of nitrogens with zero attached hydrogens (tertiary/aromatic N) is 3. The number of thiophene rings is 1. The Morgan fingerprint density at radius 1 is 1.39 bits per heavy atom. The van der Waals surface area contributed by atoms with E-state index in [0.29, 0.717) is 5.88 Å². The van der Waals surface area contributed by atoms with Crippen molar-refractivity contribution in [3.63, 3.8) is 0 Å². The summed E-state index contributed by atoms with van der Waals surface area (Å²) in [5.74, 6) is 2.91. The van der Waals surface area contributed by atoms with Crippen molar-refractivity contribution in [1.82, 2.24) is 14.6 Å². The Balaban J connectivity index is 2.08. The van der Waals surface area contributed by atoms with E-state index in [0.717, 1.165) is 16.9 Å². The highest BCUT2D eigenvalue weighted by atomic mass is 32.1. The summed E-state index contributed by atoms with van der Waals surface area (Å²) in [6.45, 7) is 0.209. The van der Waals surface area contributed by atoms with E-state index in [1.165, 1.54) is 0 Å². The lowest BCUT2D eigenvalue weighted by Crippen LogP contribution is -2.00. The van der Waals surface area contributed by atoms with Crippen molar-refractivity contribution in [2.24, 2.45) is 0 Å². The van der Waals surface area contributed by atoms with Gasteiger partial charge in [0.2, 0.25) is 5.88 Å². The van der Waals surface area contributed by atoms with Gasteiger partial charge in [-0.15, -0.1) is 11.5 Å². The summed E-state index contributed by atoms with van der Waals surface area (Å²) in [4.78, 5) is 4.31. The number of imidazole rings is 1. The average molecular weight is 255 g/mol. The first kappa shape index (κ1) is 10.8. The molecule has 0 unspecified atom stereocenters. The molecule has 0 saturated carbocycles. The standard InChI is InChI=1S/C13H9N3OS/c1-2-6-17-13-4-3-12-14-8-11(16(12)15-13)10-5-7-18-9-10/h1,3-5,7-9H,6H2. The van der Waals surface area contributed by atoms with Gasteiger partial charge in [0.15, 0.2) is 12.3 Å². The van der Waals surface area contributed by atoms with Crippen LogP contribution in [0.4, 0.5) is 0 Å². The topological polar surface area (TPSA) is 39.4 Å². The van der Waals surface area contributed by atoms with Crippen LogP contribution < -0.4 is 4.74 Å². The van der Waals surface area contributed by atoms with Gasteiger partial charge in [0.05, 0.1) is 11.9 Å². The van der Waals surface area contributed by atoms with Gasteiger partial charge in [-0.2, -0.15) is 11.3 Å². The predicted molar refractivity (Wildman–Crippen MR) is 70.6 cm³/mol. The van der Waals surface area contributed by atoms with Crippen molar-refractivity contribution in [2.75, 3.05) is 6.61 Å². The van der Waals surface area contributed by atoms with Crippen molar-refractivity contribution >= 4 is 17.0 Å². The van der Waals surface area contributed by atoms with Crippen LogP contribution in [-0.2, 0) is 0 Å². The minimum absolute atomic E-state index is 0.209. The third-order valence-electron chi connectivity index (χ3n) is 2.46. The monoisotopic (exact) mass is 255 g/mol. The number of ether oxygens (including phenoxy) is 1. The molecule has 0 spiro atoms. The lowest BCUT2D eigenvalue weighted by molar-refractivity contribution is 0.349. The maximum atomic E-state index is 5.31. The van der Waals surface area contributed by atoms with Gasteiger partial charge in [0.1, 0.15) is 0 Å². The molecule has 0 aliphatic rings. The molecule has 3 aromatic rings. The van der Waals surface area contributed by atoms with Crippen molar-refractivity contribution in [2.45, 2.75) is 0 Å². The maximum Gasteiger partial charge on any atom is 0.232 e. The van der Waals surface area contributed by atoms with E-state index in [1.54, 1.807) is 28.1 Å². The van der Waals surface area contributed by atoms with Gasteiger partial charge in [-0.25, -0.2) is 9.50 Å². The molecule has 0 saturated heterocycles. The van der Waals surface area contributed by atoms with Crippen LogP contribution in [0.25, 0.3) is 16.9 Å². The summed E-state index contributed by atoms with van der Waals surface area (Å²) in [5.41, 5.74) is 2.82. The molecule has 4 nitrogen and oxygen atoms in total. The minimum atomic E-state index is 0.209. The zero-order valence-electron chi connectivity index (χ0n) is 9.41. The Morgan fingerprint density at radius 2 is 2.33 bits per heavy atom. The smallest absolute Gasteiger partial charge is 0.232 e. The summed E-state index contributed by atoms with van der Waals surface area (Å²) in [6, 6.07) is 5.65. The van der Waals surface area contributed by atoms with Crippen LogP contribution >= 0.6 is 11.3 Å². The van der Waals surface area contributed by atoms with E-state index in [4.69, 9.17) is 11.2 Å². The molecule has 0 atom stereocenters. The van der Waals surface area contributed by atoms with Crippen LogP contribution in [-0.4, -0.2) is 21.2 Å². The van der Waals surface area contributed by atoms with Crippen molar-refractivity contribution in [1.29, 1.82) is 0 Å². The van der Waals surface area contributed by atoms with E-state index in [-0.39, 0.29) is 6.61 Å². The summed E-state index contributed by atoms with van der Waals surface area (Å²) < 4.78 is 7.07. The van der Waals surface area contributed by atoms with Crippen molar-refractivity contribution < 1.29 is 4.74 Å². The molecule has 88 valence electrons. The molecule has 3 heterocycles. The van der Waals surface area contributed by atoms with Crippen LogP contribution in [0.2, 0.25) is 0 Å². The summed E-state index contributed by atoms with van der Waals surface area (Å²) >= 11 is 1.64. The first-order valence-electron chi connectivity index (χ1n) is 5.32. The number of terminal acetylenes is 1. The van der Waals surface area contributed by atoms with Crippen molar-refractivity contribution in [3.05, 3.63) is 35.2 Å². The second kappa shape index (κ2) is 4.51. The second-order valence-corrected chi connectivity index (χ2v) is 4.37. The fraction of sp³-hybridized carbons (Fsp3) is 0.0769. The maximum absolute atomic E-state index is 5.31. The fourth-order valence-corrected chi connectivity index (χ4v) is 2.31. The van der Waals surface area contributed by atoms with Gasteiger partial charge in [0, 0.05) is 17.0 Å². The van der Waals surface area contributed by atoms with Crippen molar-refractivity contribution in [3.8, 4) is 29.5 Å². The first-order chi connectivity index (χ1) is 8.88. The molecule has 0 radical (unpaired) electrons. The molecule has 0 aromatic carbocycles. The van der Waals surface area contributed by atoms with Gasteiger partial charge in [-0.1, -0.05) is 5.92 Å². The third-order valence-corrected chi connectivity index (χ3v) is 3.14. The molecule has 0 fully saturated rings. The number of aromatic nitrogens is 3. The lowest BCUT2D eigenvalue weighted by atomic mass is 10.3. The van der Waals surface area contributed by atoms with Gasteiger partial charge in [-0.3, -0.25) is 0 Å². The average Bonchev–Trinajstić information content (AvgIpc) is 3.04. The molecule has 3 aromatic heterocycles. The molecule has 0 aliphatic heterocycles. The van der Waals surface area contributed by atoms with Gasteiger partial charge < -0.3 is 4.74 Å². The Hall–Kier alpha value is -2.32. The Labute approximate surface area is 108 Å². The fourth-order valence-electron chi connectivity index (χ4n) is 1.66. The predicted octanol–water partition coefficient (Wildman–Crippen LogP) is 2.47. The van der Waals surface area contributed by atoms with Gasteiger partial charge in [-0.05, 0) is 17.5 Å².